The van der Waals surface area contributed by atoms with Gasteiger partial charge in [-0.2, -0.15) is 5.10 Å². The summed E-state index contributed by atoms with van der Waals surface area (Å²) in [4.78, 5) is 0. The van der Waals surface area contributed by atoms with E-state index in [1.807, 2.05) is 6.20 Å². The third kappa shape index (κ3) is 2.34. The Balaban J connectivity index is 2.01. The van der Waals surface area contributed by atoms with Crippen molar-refractivity contribution in [2.24, 2.45) is 0 Å². The molecule has 1 N–H and O–H groups in total. The van der Waals surface area contributed by atoms with Crippen LogP contribution in [0.5, 0.6) is 0 Å². The Labute approximate surface area is 91.0 Å². The average Bonchev–Trinajstić information content (AvgIpc) is 2.51. The number of aromatic nitrogens is 2. The fraction of sp³-hybridized carbons (Fsp3) is 0.667. The number of rotatable bonds is 2. The van der Waals surface area contributed by atoms with E-state index < -0.39 is 5.60 Å². The number of aliphatic hydroxyl groups is 1. The topological polar surface area (TPSA) is 47.3 Å². The molecule has 0 radical (unpaired) electrons. The van der Waals surface area contributed by atoms with Gasteiger partial charge in [-0.15, -0.1) is 0 Å². The molecule has 5 heteroatoms. The molecule has 4 nitrogen and oxygen atoms in total. The first-order valence-electron chi connectivity index (χ1n) is 4.66. The molecule has 0 unspecified atom stereocenters. The molecule has 0 atom stereocenters. The smallest absolute Gasteiger partial charge is 0.0886 e. The summed E-state index contributed by atoms with van der Waals surface area (Å²) in [5, 5.41) is 14.3. The summed E-state index contributed by atoms with van der Waals surface area (Å²) in [5.41, 5.74) is -0.649. The highest BCUT2D eigenvalue weighted by Gasteiger charge is 2.30. The molecule has 1 saturated heterocycles. The van der Waals surface area contributed by atoms with Gasteiger partial charge in [0.2, 0.25) is 0 Å². The van der Waals surface area contributed by atoms with Crippen molar-refractivity contribution in [3.8, 4) is 0 Å². The maximum Gasteiger partial charge on any atom is 0.0886 e. The van der Waals surface area contributed by atoms with Gasteiger partial charge in [-0.1, -0.05) is 0 Å². The van der Waals surface area contributed by atoms with Gasteiger partial charge in [-0.25, -0.2) is 0 Å². The third-order valence-electron chi connectivity index (χ3n) is 2.48. The molecule has 1 aliphatic heterocycles. The Morgan fingerprint density at radius 2 is 2.29 bits per heavy atom. The molecule has 14 heavy (non-hydrogen) atoms. The lowest BCUT2D eigenvalue weighted by atomic mass is 9.95. The molecule has 0 saturated carbocycles. The van der Waals surface area contributed by atoms with Crippen molar-refractivity contribution in [1.29, 1.82) is 0 Å². The molecule has 1 aromatic rings. The van der Waals surface area contributed by atoms with Crippen molar-refractivity contribution in [3.05, 3.63) is 16.9 Å². The van der Waals surface area contributed by atoms with E-state index >= 15 is 0 Å². The number of nitrogens with zero attached hydrogens (tertiary/aromatic N) is 2. The molecule has 2 rings (SSSR count). The fourth-order valence-corrected chi connectivity index (χ4v) is 1.96. The zero-order chi connectivity index (χ0) is 10.0. The van der Waals surface area contributed by atoms with Gasteiger partial charge in [0.15, 0.2) is 0 Å². The molecule has 2 heterocycles. The SMILES string of the molecule is OC1(Cn2cc(Br)cn2)CCOCC1. The average molecular weight is 261 g/mol. The van der Waals surface area contributed by atoms with Gasteiger partial charge in [-0.05, 0) is 15.9 Å². The molecule has 1 aliphatic rings. The molecular formula is C9H13BrN2O2. The standard InChI is InChI=1S/C9H13BrN2O2/c10-8-5-11-12(6-8)7-9(13)1-3-14-4-2-9/h5-6,13H,1-4,7H2. The summed E-state index contributed by atoms with van der Waals surface area (Å²) in [6.07, 6.45) is 4.96. The first-order chi connectivity index (χ1) is 6.68. The van der Waals surface area contributed by atoms with Gasteiger partial charge in [0.05, 0.1) is 22.8 Å². The van der Waals surface area contributed by atoms with Crippen LogP contribution in [0.15, 0.2) is 16.9 Å². The van der Waals surface area contributed by atoms with Crippen molar-refractivity contribution in [1.82, 2.24) is 9.78 Å². The first-order valence-corrected chi connectivity index (χ1v) is 5.45. The maximum atomic E-state index is 10.2. The van der Waals surface area contributed by atoms with Crippen LogP contribution in [-0.2, 0) is 11.3 Å². The normalized spacial score (nSPS) is 21.0. The Bertz CT molecular complexity index is 308. The monoisotopic (exact) mass is 260 g/mol. The van der Waals surface area contributed by atoms with E-state index in [1.165, 1.54) is 0 Å². The molecule has 0 amide bonds. The van der Waals surface area contributed by atoms with Gasteiger partial charge in [0, 0.05) is 32.3 Å². The number of halogens is 1. The largest absolute Gasteiger partial charge is 0.388 e. The highest BCUT2D eigenvalue weighted by atomic mass is 79.9. The molecule has 0 spiro atoms. The van der Waals surface area contributed by atoms with Gasteiger partial charge in [0.25, 0.3) is 0 Å². The lowest BCUT2D eigenvalue weighted by Gasteiger charge is -2.31. The quantitative estimate of drug-likeness (QED) is 0.869. The van der Waals surface area contributed by atoms with Crippen LogP contribution in [-0.4, -0.2) is 33.7 Å². The zero-order valence-corrected chi connectivity index (χ0v) is 9.40. The van der Waals surface area contributed by atoms with Crippen LogP contribution in [0.1, 0.15) is 12.8 Å². The molecular weight excluding hydrogens is 248 g/mol. The Hall–Kier alpha value is -0.390. The van der Waals surface area contributed by atoms with Crippen LogP contribution in [0, 0.1) is 0 Å². The second-order valence-corrected chi connectivity index (χ2v) is 4.61. The van der Waals surface area contributed by atoms with E-state index in [1.54, 1.807) is 10.9 Å². The molecule has 0 aliphatic carbocycles. The summed E-state index contributed by atoms with van der Waals surface area (Å²) >= 11 is 3.32. The van der Waals surface area contributed by atoms with Crippen LogP contribution in [0.3, 0.4) is 0 Å². The predicted molar refractivity (Wildman–Crippen MR) is 54.9 cm³/mol. The lowest BCUT2D eigenvalue weighted by Crippen LogP contribution is -2.40. The van der Waals surface area contributed by atoms with Crippen molar-refractivity contribution in [2.45, 2.75) is 25.0 Å². The second kappa shape index (κ2) is 4.00. The van der Waals surface area contributed by atoms with E-state index in [-0.39, 0.29) is 0 Å². The van der Waals surface area contributed by atoms with Gasteiger partial charge >= 0.3 is 0 Å². The molecule has 78 valence electrons. The van der Waals surface area contributed by atoms with Crippen LogP contribution >= 0.6 is 15.9 Å². The van der Waals surface area contributed by atoms with E-state index in [9.17, 15) is 5.11 Å². The van der Waals surface area contributed by atoms with Crippen molar-refractivity contribution < 1.29 is 9.84 Å². The first kappa shape index (κ1) is 10.1. The summed E-state index contributed by atoms with van der Waals surface area (Å²) < 4.78 is 7.91. The van der Waals surface area contributed by atoms with E-state index in [2.05, 4.69) is 21.0 Å². The van der Waals surface area contributed by atoms with Crippen molar-refractivity contribution in [3.63, 3.8) is 0 Å². The Kier molecular flexibility index (Phi) is 2.90. The highest BCUT2D eigenvalue weighted by Crippen LogP contribution is 2.22. The minimum Gasteiger partial charge on any atom is -0.388 e. The van der Waals surface area contributed by atoms with Crippen LogP contribution in [0.2, 0.25) is 0 Å². The van der Waals surface area contributed by atoms with Gasteiger partial charge in [-0.3, -0.25) is 4.68 Å². The zero-order valence-electron chi connectivity index (χ0n) is 7.82. The number of ether oxygens (including phenoxy) is 1. The van der Waals surface area contributed by atoms with Crippen LogP contribution in [0.25, 0.3) is 0 Å². The summed E-state index contributed by atoms with van der Waals surface area (Å²) in [6.45, 7) is 1.82. The second-order valence-electron chi connectivity index (χ2n) is 3.69. The maximum absolute atomic E-state index is 10.2. The Morgan fingerprint density at radius 1 is 1.57 bits per heavy atom. The van der Waals surface area contributed by atoms with Crippen LogP contribution in [0.4, 0.5) is 0 Å². The molecule has 0 bridgehead atoms. The molecule has 1 fully saturated rings. The van der Waals surface area contributed by atoms with Gasteiger partial charge in [0.1, 0.15) is 0 Å². The van der Waals surface area contributed by atoms with E-state index in [4.69, 9.17) is 4.74 Å². The Morgan fingerprint density at radius 3 is 2.86 bits per heavy atom. The van der Waals surface area contributed by atoms with E-state index in [0.29, 0.717) is 32.6 Å². The summed E-state index contributed by atoms with van der Waals surface area (Å²) in [7, 11) is 0. The minimum atomic E-state index is -0.649. The minimum absolute atomic E-state index is 0.544. The predicted octanol–water partition coefficient (Wildman–Crippen LogP) is 1.19. The van der Waals surface area contributed by atoms with Gasteiger partial charge < -0.3 is 9.84 Å². The molecule has 0 aromatic carbocycles. The summed E-state index contributed by atoms with van der Waals surface area (Å²) in [5.74, 6) is 0. The summed E-state index contributed by atoms with van der Waals surface area (Å²) in [6, 6.07) is 0. The highest BCUT2D eigenvalue weighted by molar-refractivity contribution is 9.10. The van der Waals surface area contributed by atoms with E-state index in [0.717, 1.165) is 4.47 Å². The third-order valence-corrected chi connectivity index (χ3v) is 2.89. The number of hydrogen-bond acceptors (Lipinski definition) is 3. The molecule has 1 aromatic heterocycles. The van der Waals surface area contributed by atoms with Crippen molar-refractivity contribution in [2.75, 3.05) is 13.2 Å². The lowest BCUT2D eigenvalue weighted by molar-refractivity contribution is -0.0744. The number of hydrogen-bond donors (Lipinski definition) is 1. The van der Waals surface area contributed by atoms with Crippen molar-refractivity contribution >= 4 is 15.9 Å². The fourth-order valence-electron chi connectivity index (χ4n) is 1.64. The van der Waals surface area contributed by atoms with Crippen LogP contribution < -0.4 is 0 Å².